The summed E-state index contributed by atoms with van der Waals surface area (Å²) in [5.41, 5.74) is 1.98. The second kappa shape index (κ2) is 11.3. The predicted octanol–water partition coefficient (Wildman–Crippen LogP) is 4.34. The minimum absolute atomic E-state index is 0.146. The molecule has 0 aromatic heterocycles. The van der Waals surface area contributed by atoms with Gasteiger partial charge in [0.2, 0.25) is 5.91 Å². The normalized spacial score (nSPS) is 11.9. The largest absolute Gasteiger partial charge is 0.493 e. The number of methoxy groups -OCH3 is 1. The van der Waals surface area contributed by atoms with Gasteiger partial charge < -0.3 is 19.5 Å². The van der Waals surface area contributed by atoms with E-state index in [9.17, 15) is 4.79 Å². The molecule has 5 nitrogen and oxygen atoms in total. The van der Waals surface area contributed by atoms with Gasteiger partial charge in [0.15, 0.2) is 11.5 Å². The minimum Gasteiger partial charge on any atom is -0.493 e. The Labute approximate surface area is 168 Å². The van der Waals surface area contributed by atoms with Crippen molar-refractivity contribution in [1.82, 2.24) is 5.32 Å². The van der Waals surface area contributed by atoms with Crippen molar-refractivity contribution in [3.05, 3.63) is 59.7 Å². The van der Waals surface area contributed by atoms with Crippen LogP contribution in [-0.4, -0.2) is 25.7 Å². The highest BCUT2D eigenvalue weighted by Gasteiger charge is 2.14. The predicted molar refractivity (Wildman–Crippen MR) is 110 cm³/mol. The fourth-order valence-corrected chi connectivity index (χ4v) is 2.55. The highest BCUT2D eigenvalue weighted by molar-refractivity contribution is 5.80. The molecular weight excluding hydrogens is 354 g/mol. The average Bonchev–Trinajstić information content (AvgIpc) is 2.71. The molecule has 1 amide bonds. The van der Waals surface area contributed by atoms with Gasteiger partial charge in [-0.3, -0.25) is 4.79 Å². The first kappa shape index (κ1) is 21.8. The first-order chi connectivity index (χ1) is 13.5. The van der Waals surface area contributed by atoms with Crippen molar-refractivity contribution in [3.8, 4) is 11.5 Å². The van der Waals surface area contributed by atoms with Crippen LogP contribution in [0, 0.1) is 5.92 Å². The molecule has 2 aromatic rings. The third-order valence-electron chi connectivity index (χ3n) is 4.36. The molecule has 0 radical (unpaired) electrons. The molecule has 0 saturated heterocycles. The fourth-order valence-electron chi connectivity index (χ4n) is 2.55. The van der Waals surface area contributed by atoms with Crippen LogP contribution in [0.5, 0.6) is 11.5 Å². The summed E-state index contributed by atoms with van der Waals surface area (Å²) in [5.74, 6) is 1.83. The lowest BCUT2D eigenvalue weighted by molar-refractivity contribution is -0.132. The van der Waals surface area contributed by atoms with E-state index in [2.05, 4.69) is 19.2 Å². The van der Waals surface area contributed by atoms with Crippen LogP contribution in [0.3, 0.4) is 0 Å². The van der Waals surface area contributed by atoms with Crippen LogP contribution in [0.15, 0.2) is 48.5 Å². The molecule has 0 spiro atoms. The minimum atomic E-state index is -0.527. The van der Waals surface area contributed by atoms with E-state index in [1.165, 1.54) is 0 Å². The van der Waals surface area contributed by atoms with Gasteiger partial charge in [-0.1, -0.05) is 50.2 Å². The van der Waals surface area contributed by atoms with Gasteiger partial charge in [-0.2, -0.15) is 0 Å². The van der Waals surface area contributed by atoms with E-state index in [-0.39, 0.29) is 5.91 Å². The van der Waals surface area contributed by atoms with Crippen LogP contribution in [0.25, 0.3) is 0 Å². The molecule has 0 bridgehead atoms. The maximum atomic E-state index is 12.3. The van der Waals surface area contributed by atoms with Crippen molar-refractivity contribution in [2.75, 3.05) is 13.7 Å². The number of nitrogens with one attached hydrogen (secondary N) is 1. The molecule has 2 aromatic carbocycles. The van der Waals surface area contributed by atoms with Crippen molar-refractivity contribution < 1.29 is 19.0 Å². The molecule has 1 atom stereocenters. The van der Waals surface area contributed by atoms with Gasteiger partial charge in [-0.05, 0) is 42.5 Å². The number of carbonyl (C=O) groups excluding carboxylic acids is 1. The molecule has 28 heavy (non-hydrogen) atoms. The van der Waals surface area contributed by atoms with E-state index in [4.69, 9.17) is 14.2 Å². The lowest BCUT2D eigenvalue weighted by Crippen LogP contribution is -2.34. The Hall–Kier alpha value is -2.53. The van der Waals surface area contributed by atoms with E-state index in [0.717, 1.165) is 23.3 Å². The highest BCUT2D eigenvalue weighted by atomic mass is 16.5. The molecule has 0 heterocycles. The zero-order valence-electron chi connectivity index (χ0n) is 17.2. The Morgan fingerprint density at radius 2 is 1.75 bits per heavy atom. The fraction of sp³-hybridized carbons (Fsp3) is 0.435. The summed E-state index contributed by atoms with van der Waals surface area (Å²) >= 11 is 0. The summed E-state index contributed by atoms with van der Waals surface area (Å²) in [6.45, 7) is 7.55. The van der Waals surface area contributed by atoms with Crippen LogP contribution in [0.2, 0.25) is 0 Å². The van der Waals surface area contributed by atoms with Crippen LogP contribution in [0.4, 0.5) is 0 Å². The molecule has 0 aliphatic heterocycles. The number of hydrogen-bond donors (Lipinski definition) is 1. The quantitative estimate of drug-likeness (QED) is 0.625. The van der Waals surface area contributed by atoms with Gasteiger partial charge in [0.1, 0.15) is 6.10 Å². The molecule has 0 fully saturated rings. The van der Waals surface area contributed by atoms with Gasteiger partial charge in [-0.15, -0.1) is 0 Å². The van der Waals surface area contributed by atoms with E-state index in [0.29, 0.717) is 31.4 Å². The van der Waals surface area contributed by atoms with Crippen LogP contribution in [0.1, 0.15) is 38.3 Å². The molecule has 0 aliphatic rings. The lowest BCUT2D eigenvalue weighted by Gasteiger charge is -2.15. The molecule has 0 saturated carbocycles. The Balaban J connectivity index is 1.82. The third kappa shape index (κ3) is 7.24. The first-order valence-electron chi connectivity index (χ1n) is 9.72. The van der Waals surface area contributed by atoms with Gasteiger partial charge in [0.25, 0.3) is 0 Å². The zero-order chi connectivity index (χ0) is 20.4. The Bertz CT molecular complexity index is 731. The molecule has 0 aliphatic carbocycles. The van der Waals surface area contributed by atoms with Crippen molar-refractivity contribution in [2.24, 2.45) is 5.92 Å². The summed E-state index contributed by atoms with van der Waals surface area (Å²) < 4.78 is 16.9. The lowest BCUT2D eigenvalue weighted by atomic mass is 10.1. The molecular formula is C23H31NO4. The average molecular weight is 386 g/mol. The number of rotatable bonds is 11. The van der Waals surface area contributed by atoms with Gasteiger partial charge in [0.05, 0.1) is 20.3 Å². The molecule has 2 rings (SSSR count). The second-order valence-corrected chi connectivity index (χ2v) is 7.17. The summed E-state index contributed by atoms with van der Waals surface area (Å²) in [5, 5.41) is 2.90. The van der Waals surface area contributed by atoms with Crippen molar-refractivity contribution in [3.63, 3.8) is 0 Å². The van der Waals surface area contributed by atoms with E-state index in [1.54, 1.807) is 14.0 Å². The van der Waals surface area contributed by atoms with Crippen LogP contribution in [-0.2, 0) is 22.7 Å². The van der Waals surface area contributed by atoms with Gasteiger partial charge >= 0.3 is 0 Å². The molecule has 1 unspecified atom stereocenters. The molecule has 152 valence electrons. The summed E-state index contributed by atoms with van der Waals surface area (Å²) in [4.78, 5) is 12.3. The second-order valence-electron chi connectivity index (χ2n) is 7.17. The van der Waals surface area contributed by atoms with Crippen LogP contribution < -0.4 is 14.8 Å². The third-order valence-corrected chi connectivity index (χ3v) is 4.36. The topological polar surface area (TPSA) is 56.8 Å². The monoisotopic (exact) mass is 385 g/mol. The van der Waals surface area contributed by atoms with E-state index in [1.807, 2.05) is 48.5 Å². The van der Waals surface area contributed by atoms with Crippen LogP contribution >= 0.6 is 0 Å². The summed E-state index contributed by atoms with van der Waals surface area (Å²) in [6.07, 6.45) is 0.461. The Kier molecular flexibility index (Phi) is 8.82. The highest BCUT2D eigenvalue weighted by Crippen LogP contribution is 2.28. The number of carbonyl (C=O) groups is 1. The zero-order valence-corrected chi connectivity index (χ0v) is 17.2. The molecule has 1 N–H and O–H groups in total. The summed E-state index contributed by atoms with van der Waals surface area (Å²) in [7, 11) is 1.62. The van der Waals surface area contributed by atoms with Crippen molar-refractivity contribution in [1.29, 1.82) is 0 Å². The van der Waals surface area contributed by atoms with Crippen molar-refractivity contribution >= 4 is 5.91 Å². The Morgan fingerprint density at radius 3 is 2.43 bits per heavy atom. The van der Waals surface area contributed by atoms with Crippen molar-refractivity contribution in [2.45, 2.75) is 46.4 Å². The number of ether oxygens (including phenoxy) is 3. The SMILES string of the molecule is COc1cc(CNC(=O)C(C)OCc2ccccc2)ccc1OCCC(C)C. The number of amides is 1. The summed E-state index contributed by atoms with van der Waals surface area (Å²) in [6, 6.07) is 15.5. The van der Waals surface area contributed by atoms with Gasteiger partial charge in [0, 0.05) is 6.54 Å². The van der Waals surface area contributed by atoms with E-state index >= 15 is 0 Å². The first-order valence-corrected chi connectivity index (χ1v) is 9.72. The maximum absolute atomic E-state index is 12.3. The van der Waals surface area contributed by atoms with Gasteiger partial charge in [-0.25, -0.2) is 0 Å². The smallest absolute Gasteiger partial charge is 0.249 e. The molecule has 5 heteroatoms. The maximum Gasteiger partial charge on any atom is 0.249 e. The van der Waals surface area contributed by atoms with E-state index < -0.39 is 6.10 Å². The Morgan fingerprint density at radius 1 is 1.00 bits per heavy atom. The number of benzene rings is 2. The number of hydrogen-bond acceptors (Lipinski definition) is 4. The standard InChI is InChI=1S/C23H31NO4/c1-17(2)12-13-27-21-11-10-20(14-22(21)26-4)15-24-23(25)18(3)28-16-19-8-6-5-7-9-19/h5-11,14,17-18H,12-13,15-16H2,1-4H3,(H,24,25).